The van der Waals surface area contributed by atoms with Crippen LogP contribution in [0.3, 0.4) is 0 Å². The monoisotopic (exact) mass is 315 g/mol. The molecule has 23 heavy (non-hydrogen) atoms. The van der Waals surface area contributed by atoms with Gasteiger partial charge in [-0.1, -0.05) is 72.7 Å². The van der Waals surface area contributed by atoms with E-state index in [-0.39, 0.29) is 24.2 Å². The van der Waals surface area contributed by atoms with Crippen LogP contribution in [0, 0.1) is 0 Å². The highest BCUT2D eigenvalue weighted by Gasteiger charge is 2.13. The molecule has 1 nitrogen and oxygen atoms in total. The second kappa shape index (κ2) is 4.90. The molecule has 5 rings (SSSR count). The third-order valence-electron chi connectivity index (χ3n) is 4.11. The maximum Gasteiger partial charge on any atom is 0.0925 e. The first kappa shape index (κ1) is 9.43. The molecule has 4 aromatic carbocycles. The molecule has 0 radical (unpaired) electrons. The number of benzene rings is 4. The van der Waals surface area contributed by atoms with Crippen molar-refractivity contribution in [2.24, 2.45) is 0 Å². The third kappa shape index (κ3) is 1.89. The van der Waals surface area contributed by atoms with E-state index in [9.17, 15) is 0 Å². The van der Waals surface area contributed by atoms with E-state index in [1.54, 1.807) is 6.07 Å². The van der Waals surface area contributed by atoms with Crippen LogP contribution >= 0.6 is 11.5 Å². The van der Waals surface area contributed by atoms with Crippen molar-refractivity contribution in [3.05, 3.63) is 78.8 Å². The fourth-order valence-corrected chi connectivity index (χ4v) is 3.88. The van der Waals surface area contributed by atoms with Crippen LogP contribution in [0.5, 0.6) is 0 Å². The molecule has 1 aromatic heterocycles. The van der Waals surface area contributed by atoms with Crippen LogP contribution < -0.4 is 0 Å². The van der Waals surface area contributed by atoms with Gasteiger partial charge in [-0.15, -0.1) is 0 Å². The first-order chi connectivity index (χ1) is 13.1. The molecule has 0 spiro atoms. The maximum atomic E-state index is 8.50. The predicted octanol–water partition coefficient (Wildman–Crippen LogP) is 6.27. The number of fused-ring (bicyclic) bond motifs is 5. The van der Waals surface area contributed by atoms with Crippen molar-refractivity contribution in [2.45, 2.75) is 0 Å². The van der Waals surface area contributed by atoms with Gasteiger partial charge in [0.2, 0.25) is 0 Å². The van der Waals surface area contributed by atoms with Gasteiger partial charge in [0.05, 0.1) is 15.9 Å². The van der Waals surface area contributed by atoms with Crippen molar-refractivity contribution in [3.63, 3.8) is 0 Å². The molecular weight excluding hydrogens is 298 g/mol. The predicted molar refractivity (Wildman–Crippen MR) is 100 cm³/mol. The number of rotatable bonds is 1. The molecule has 108 valence electrons. The molecule has 5 aromatic rings. The Morgan fingerprint density at radius 2 is 1.57 bits per heavy atom. The fraction of sp³-hybridized carbons (Fsp3) is 0. The third-order valence-corrected chi connectivity index (χ3v) is 4.93. The van der Waals surface area contributed by atoms with Crippen LogP contribution in [0.1, 0.15) is 5.48 Å². The molecule has 0 aliphatic heterocycles. The molecule has 0 N–H and O–H groups in total. The number of aromatic nitrogens is 1. The van der Waals surface area contributed by atoms with E-state index in [1.807, 2.05) is 48.5 Å². The number of nitrogens with zero attached hydrogens (tertiary/aromatic N) is 1. The summed E-state index contributed by atoms with van der Waals surface area (Å²) in [5.41, 5.74) is 1.84. The van der Waals surface area contributed by atoms with Gasteiger partial charge in [0.1, 0.15) is 0 Å². The van der Waals surface area contributed by atoms with Gasteiger partial charge in [0.25, 0.3) is 0 Å². The summed E-state index contributed by atoms with van der Waals surface area (Å²) in [6.07, 6.45) is 0. The minimum atomic E-state index is -0.207. The summed E-state index contributed by atoms with van der Waals surface area (Å²) in [7, 11) is 0. The Labute approximate surface area is 143 Å². The Hall–Kier alpha value is -2.71. The smallest absolute Gasteiger partial charge is 0.0925 e. The highest BCUT2D eigenvalue weighted by atomic mass is 32.1. The molecule has 0 atom stereocenters. The Balaban J connectivity index is 2.07. The van der Waals surface area contributed by atoms with Crippen LogP contribution in [-0.4, -0.2) is 4.37 Å². The van der Waals surface area contributed by atoms with Crippen molar-refractivity contribution >= 4 is 43.2 Å². The fourth-order valence-electron chi connectivity index (χ4n) is 3.07. The van der Waals surface area contributed by atoms with Crippen LogP contribution in [-0.2, 0) is 0 Å². The first-order valence-corrected chi connectivity index (χ1v) is 8.12. The van der Waals surface area contributed by atoms with Crippen molar-refractivity contribution < 1.29 is 5.48 Å². The summed E-state index contributed by atoms with van der Waals surface area (Å²) in [6, 6.07) is 17.2. The van der Waals surface area contributed by atoms with E-state index in [1.165, 1.54) is 11.5 Å². The van der Waals surface area contributed by atoms with Crippen LogP contribution in [0.15, 0.2) is 78.8 Å². The van der Waals surface area contributed by atoms with Crippen LogP contribution in [0.2, 0.25) is 0 Å². The topological polar surface area (TPSA) is 12.9 Å². The molecule has 0 amide bonds. The summed E-state index contributed by atoms with van der Waals surface area (Å²) in [6.45, 7) is 0. The second-order valence-corrected chi connectivity index (χ2v) is 6.23. The molecule has 0 unspecified atom stereocenters. The molecule has 1 heterocycles. The van der Waals surface area contributed by atoms with E-state index < -0.39 is 0 Å². The summed E-state index contributed by atoms with van der Waals surface area (Å²) >= 11 is 1.41. The van der Waals surface area contributed by atoms with Gasteiger partial charge in [-0.25, -0.2) is 0 Å². The Morgan fingerprint density at radius 1 is 0.783 bits per heavy atom. The van der Waals surface area contributed by atoms with Crippen molar-refractivity contribution in [3.8, 4) is 11.3 Å². The minimum absolute atomic E-state index is 0.00523. The second-order valence-electron chi connectivity index (χ2n) is 5.42. The molecule has 0 saturated heterocycles. The lowest BCUT2D eigenvalue weighted by molar-refractivity contribution is 1.55. The van der Waals surface area contributed by atoms with Gasteiger partial charge in [0.15, 0.2) is 0 Å². The molecule has 0 aliphatic carbocycles. The molecular formula is C21H13NS. The molecule has 0 fully saturated rings. The largest absolute Gasteiger partial charge is 0.191 e. The van der Waals surface area contributed by atoms with E-state index in [0.29, 0.717) is 10.8 Å². The van der Waals surface area contributed by atoms with Crippen molar-refractivity contribution in [1.82, 2.24) is 4.37 Å². The van der Waals surface area contributed by atoms with Gasteiger partial charge in [-0.3, -0.25) is 0 Å². The zero-order valence-corrected chi connectivity index (χ0v) is 12.9. The quantitative estimate of drug-likeness (QED) is 0.332. The highest BCUT2D eigenvalue weighted by molar-refractivity contribution is 7.14. The van der Waals surface area contributed by atoms with Gasteiger partial charge >= 0.3 is 0 Å². The lowest BCUT2D eigenvalue weighted by atomic mass is 9.97. The van der Waals surface area contributed by atoms with Gasteiger partial charge < -0.3 is 0 Å². The zero-order chi connectivity index (χ0) is 18.7. The summed E-state index contributed by atoms with van der Waals surface area (Å²) in [4.78, 5) is 0. The lowest BCUT2D eigenvalue weighted by Crippen LogP contribution is -1.82. The number of hydrogen-bond donors (Lipinski definition) is 0. The summed E-state index contributed by atoms with van der Waals surface area (Å²) < 4.78 is 38.6. The average molecular weight is 315 g/mol. The Morgan fingerprint density at radius 3 is 2.48 bits per heavy atom. The molecule has 2 heteroatoms. The van der Waals surface area contributed by atoms with Crippen molar-refractivity contribution in [1.29, 1.82) is 0 Å². The van der Waals surface area contributed by atoms with Gasteiger partial charge in [-0.05, 0) is 33.8 Å². The van der Waals surface area contributed by atoms with Crippen LogP contribution in [0.25, 0.3) is 42.9 Å². The maximum absolute atomic E-state index is 8.50. The van der Waals surface area contributed by atoms with E-state index in [2.05, 4.69) is 4.37 Å². The highest BCUT2D eigenvalue weighted by Crippen LogP contribution is 2.39. The van der Waals surface area contributed by atoms with Crippen LogP contribution in [0.4, 0.5) is 0 Å². The Bertz CT molecular complexity index is 1360. The van der Waals surface area contributed by atoms with E-state index in [0.717, 1.165) is 32.1 Å². The number of hydrogen-bond acceptors (Lipinski definition) is 2. The summed E-state index contributed by atoms with van der Waals surface area (Å²) in [5, 5.41) is 3.81. The van der Waals surface area contributed by atoms with Gasteiger partial charge in [-0.2, -0.15) is 4.37 Å². The average Bonchev–Trinajstić information content (AvgIpc) is 3.15. The van der Waals surface area contributed by atoms with E-state index >= 15 is 0 Å². The zero-order valence-electron chi connectivity index (χ0n) is 16.1. The van der Waals surface area contributed by atoms with Gasteiger partial charge in [0, 0.05) is 16.3 Å². The summed E-state index contributed by atoms with van der Waals surface area (Å²) in [5.74, 6) is 0. The molecule has 0 bridgehead atoms. The lowest BCUT2D eigenvalue weighted by Gasteiger charge is -2.07. The molecule has 0 aliphatic rings. The Kier molecular flexibility index (Phi) is 2.01. The normalized spacial score (nSPS) is 13.9. The van der Waals surface area contributed by atoms with E-state index in [4.69, 9.17) is 5.48 Å². The van der Waals surface area contributed by atoms with Crippen molar-refractivity contribution in [2.75, 3.05) is 0 Å². The SMILES string of the molecule is [2H]c1c([2H])c([2H])c2c(ccc3ccc4snc(-c5ccccc5)c4c32)c1[2H]. The standard InChI is InChI=1S/C21H13NS/c1-2-7-16(8-3-1)21-20-18(23-22-21)13-12-15-11-10-14-6-4-5-9-17(14)19(15)20/h1-13H/i4D,5D,6D,9D. The minimum Gasteiger partial charge on any atom is -0.191 e. The first-order valence-electron chi connectivity index (χ1n) is 9.34. The molecule has 0 saturated carbocycles.